The van der Waals surface area contributed by atoms with Crippen molar-refractivity contribution in [1.82, 2.24) is 0 Å². The molecular weight excluding hydrogens is 272 g/mol. The van der Waals surface area contributed by atoms with Crippen molar-refractivity contribution in [1.29, 1.82) is 0 Å². The van der Waals surface area contributed by atoms with Crippen LogP contribution >= 0.6 is 0 Å². The Balaban J connectivity index is 1.75. The van der Waals surface area contributed by atoms with E-state index in [1.165, 1.54) is 37.7 Å². The van der Waals surface area contributed by atoms with Crippen LogP contribution in [-0.2, 0) is 16.8 Å². The molecule has 0 aliphatic heterocycles. The zero-order valence-electron chi connectivity index (χ0n) is 13.3. The number of benzene rings is 1. The van der Waals surface area contributed by atoms with Gasteiger partial charge in [-0.25, -0.2) is 0 Å². The third kappa shape index (κ3) is 1.93. The van der Waals surface area contributed by atoms with Crippen molar-refractivity contribution in [3.8, 4) is 0 Å². The highest BCUT2D eigenvalue weighted by molar-refractivity contribution is 5.89. The van der Waals surface area contributed by atoms with Crippen LogP contribution in [0.15, 0.2) is 24.3 Å². The Hall–Kier alpha value is -1.15. The van der Waals surface area contributed by atoms with Gasteiger partial charge >= 0.3 is 0 Å². The van der Waals surface area contributed by atoms with E-state index in [-0.39, 0.29) is 0 Å². The predicted octanol–water partition coefficient (Wildman–Crippen LogP) is 4.14. The van der Waals surface area contributed by atoms with E-state index in [0.29, 0.717) is 18.1 Å². The van der Waals surface area contributed by atoms with E-state index in [0.717, 1.165) is 31.2 Å². The summed E-state index contributed by atoms with van der Waals surface area (Å²) in [7, 11) is 0. The molecule has 118 valence electrons. The van der Waals surface area contributed by atoms with E-state index in [9.17, 15) is 9.90 Å². The lowest BCUT2D eigenvalue weighted by atomic mass is 9.58. The zero-order chi connectivity index (χ0) is 15.2. The quantitative estimate of drug-likeness (QED) is 0.891. The monoisotopic (exact) mass is 298 g/mol. The maximum atomic E-state index is 13.0. The molecule has 2 unspecified atom stereocenters. The molecule has 2 atom stereocenters. The summed E-state index contributed by atoms with van der Waals surface area (Å²) in [5, 5.41) is 11.6. The summed E-state index contributed by atoms with van der Waals surface area (Å²) in [5.41, 5.74) is 0.808. The number of rotatable bonds is 2. The third-order valence-corrected chi connectivity index (χ3v) is 6.58. The van der Waals surface area contributed by atoms with E-state index in [4.69, 9.17) is 0 Å². The van der Waals surface area contributed by atoms with Gasteiger partial charge in [0.2, 0.25) is 0 Å². The molecule has 0 bridgehead atoms. The third-order valence-electron chi connectivity index (χ3n) is 6.58. The van der Waals surface area contributed by atoms with Crippen LogP contribution in [0.4, 0.5) is 0 Å². The Bertz CT molecular complexity index is 587. The molecule has 0 amide bonds. The Morgan fingerprint density at radius 1 is 1.09 bits per heavy atom. The second-order valence-electron chi connectivity index (χ2n) is 7.76. The second kappa shape index (κ2) is 5.19. The van der Waals surface area contributed by atoms with E-state index in [1.807, 2.05) is 12.1 Å². The zero-order valence-corrected chi connectivity index (χ0v) is 13.3. The molecule has 0 aromatic heterocycles. The molecule has 1 aromatic carbocycles. The molecule has 4 rings (SSSR count). The molecule has 3 aliphatic rings. The van der Waals surface area contributed by atoms with E-state index < -0.39 is 11.0 Å². The number of ketones is 1. The van der Waals surface area contributed by atoms with Gasteiger partial charge < -0.3 is 5.11 Å². The van der Waals surface area contributed by atoms with E-state index in [1.54, 1.807) is 0 Å². The largest absolute Gasteiger partial charge is 0.384 e. The molecule has 3 aliphatic carbocycles. The molecule has 22 heavy (non-hydrogen) atoms. The summed E-state index contributed by atoms with van der Waals surface area (Å²) >= 11 is 0. The SMILES string of the molecule is O=C1CCCC2(O)c3ccccc3CC12CC1CCCCC1. The van der Waals surface area contributed by atoms with Crippen molar-refractivity contribution >= 4 is 5.78 Å². The van der Waals surface area contributed by atoms with E-state index in [2.05, 4.69) is 12.1 Å². The maximum Gasteiger partial charge on any atom is 0.142 e. The first-order valence-corrected chi connectivity index (χ1v) is 9.00. The molecule has 1 N–H and O–H groups in total. The normalized spacial score (nSPS) is 35.2. The standard InChI is InChI=1S/C20H26O2/c21-18-11-6-12-20(22)17-10-5-4-9-16(17)14-19(18,20)13-15-7-2-1-3-8-15/h4-5,9-10,15,22H,1-3,6-8,11-14H2. The topological polar surface area (TPSA) is 37.3 Å². The minimum absolute atomic E-state index is 0.322. The summed E-state index contributed by atoms with van der Waals surface area (Å²) in [4.78, 5) is 13.0. The first kappa shape index (κ1) is 14.4. The first-order chi connectivity index (χ1) is 10.7. The molecule has 0 heterocycles. The number of hydrogen-bond acceptors (Lipinski definition) is 2. The number of Topliss-reactive ketones (excluding diaryl/α,β-unsaturated/α-hetero) is 1. The molecule has 2 nitrogen and oxygen atoms in total. The molecule has 1 aromatic rings. The van der Waals surface area contributed by atoms with Crippen molar-refractivity contribution in [2.24, 2.45) is 11.3 Å². The molecule has 0 spiro atoms. The van der Waals surface area contributed by atoms with Gasteiger partial charge in [-0.2, -0.15) is 0 Å². The van der Waals surface area contributed by atoms with Crippen LogP contribution in [-0.4, -0.2) is 10.9 Å². The van der Waals surface area contributed by atoms with Crippen LogP contribution in [0, 0.1) is 11.3 Å². The van der Waals surface area contributed by atoms with Gasteiger partial charge in [-0.3, -0.25) is 4.79 Å². The van der Waals surface area contributed by atoms with Gasteiger partial charge in [0, 0.05) is 6.42 Å². The van der Waals surface area contributed by atoms with Crippen molar-refractivity contribution in [2.75, 3.05) is 0 Å². The predicted molar refractivity (Wildman–Crippen MR) is 86.5 cm³/mol. The number of carbonyl (C=O) groups excluding carboxylic acids is 1. The van der Waals surface area contributed by atoms with Gasteiger partial charge in [0.05, 0.1) is 5.41 Å². The average molecular weight is 298 g/mol. The lowest BCUT2D eigenvalue weighted by Crippen LogP contribution is -2.52. The number of fused-ring (bicyclic) bond motifs is 3. The van der Waals surface area contributed by atoms with Crippen molar-refractivity contribution in [2.45, 2.75) is 69.8 Å². The van der Waals surface area contributed by atoms with Crippen molar-refractivity contribution in [3.05, 3.63) is 35.4 Å². The van der Waals surface area contributed by atoms with Gasteiger partial charge in [-0.15, -0.1) is 0 Å². The Morgan fingerprint density at radius 2 is 1.86 bits per heavy atom. The summed E-state index contributed by atoms with van der Waals surface area (Å²) in [6, 6.07) is 8.21. The summed E-state index contributed by atoms with van der Waals surface area (Å²) < 4.78 is 0. The molecule has 0 radical (unpaired) electrons. The van der Waals surface area contributed by atoms with Gasteiger partial charge in [0.25, 0.3) is 0 Å². The average Bonchev–Trinajstić information content (AvgIpc) is 2.79. The highest BCUT2D eigenvalue weighted by atomic mass is 16.3. The molecule has 2 saturated carbocycles. The van der Waals surface area contributed by atoms with Gasteiger partial charge in [-0.1, -0.05) is 56.4 Å². The van der Waals surface area contributed by atoms with Crippen LogP contribution in [0.5, 0.6) is 0 Å². The smallest absolute Gasteiger partial charge is 0.142 e. The summed E-state index contributed by atoms with van der Waals surface area (Å²) in [6.07, 6.45) is 10.3. The molecule has 2 heteroatoms. The molecule has 2 fully saturated rings. The fourth-order valence-electron chi connectivity index (χ4n) is 5.49. The van der Waals surface area contributed by atoms with Crippen molar-refractivity contribution in [3.63, 3.8) is 0 Å². The van der Waals surface area contributed by atoms with Gasteiger partial charge in [0.15, 0.2) is 0 Å². The maximum absolute atomic E-state index is 13.0. The Morgan fingerprint density at radius 3 is 2.68 bits per heavy atom. The van der Waals surface area contributed by atoms with Crippen LogP contribution < -0.4 is 0 Å². The van der Waals surface area contributed by atoms with Crippen LogP contribution in [0.1, 0.15) is 68.9 Å². The van der Waals surface area contributed by atoms with Gasteiger partial charge in [0.1, 0.15) is 11.4 Å². The van der Waals surface area contributed by atoms with Crippen LogP contribution in [0.25, 0.3) is 0 Å². The highest BCUT2D eigenvalue weighted by Crippen LogP contribution is 2.59. The first-order valence-electron chi connectivity index (χ1n) is 9.00. The highest BCUT2D eigenvalue weighted by Gasteiger charge is 2.62. The van der Waals surface area contributed by atoms with E-state index >= 15 is 0 Å². The van der Waals surface area contributed by atoms with Gasteiger partial charge in [-0.05, 0) is 42.7 Å². The number of hydrogen-bond donors (Lipinski definition) is 1. The lowest BCUT2D eigenvalue weighted by molar-refractivity contribution is -0.161. The molecular formula is C20H26O2. The second-order valence-corrected chi connectivity index (χ2v) is 7.76. The minimum Gasteiger partial charge on any atom is -0.384 e. The molecule has 0 saturated heterocycles. The van der Waals surface area contributed by atoms with Crippen LogP contribution in [0.2, 0.25) is 0 Å². The fourth-order valence-corrected chi connectivity index (χ4v) is 5.49. The number of carbonyl (C=O) groups is 1. The Kier molecular flexibility index (Phi) is 3.41. The minimum atomic E-state index is -0.906. The van der Waals surface area contributed by atoms with Crippen LogP contribution in [0.3, 0.4) is 0 Å². The summed E-state index contributed by atoms with van der Waals surface area (Å²) in [6.45, 7) is 0. The lowest BCUT2D eigenvalue weighted by Gasteiger charge is -2.47. The fraction of sp³-hybridized carbons (Fsp3) is 0.650. The van der Waals surface area contributed by atoms with Crippen molar-refractivity contribution < 1.29 is 9.90 Å². The summed E-state index contributed by atoms with van der Waals surface area (Å²) in [5.74, 6) is 0.944. The Labute approximate surface area is 132 Å². The number of aliphatic hydroxyl groups is 1.